The minimum Gasteiger partial charge on any atom is -0.550 e. The molecule has 0 aromatic rings. The third kappa shape index (κ3) is 10.2. The average molecular weight is 332 g/mol. The Morgan fingerprint density at radius 1 is 1.19 bits per heavy atom. The van der Waals surface area contributed by atoms with Crippen LogP contribution in [0.15, 0.2) is 0 Å². The first-order chi connectivity index (χ1) is 9.22. The number of esters is 1. The molecular weight excluding hydrogens is 311 g/mol. The number of carboxylic acid groups (broad SMARTS) is 1. The molecule has 0 aliphatic rings. The van der Waals surface area contributed by atoms with Crippen molar-refractivity contribution in [3.8, 4) is 0 Å². The largest absolute Gasteiger partial charge is 1.00 e. The van der Waals surface area contributed by atoms with E-state index in [0.29, 0.717) is 12.8 Å². The van der Waals surface area contributed by atoms with Gasteiger partial charge in [0.15, 0.2) is 5.25 Å². The number of carboxylic acids is 1. The van der Waals surface area contributed by atoms with Crippen molar-refractivity contribution in [2.45, 2.75) is 63.7 Å². The number of unbranched alkanes of at least 4 members (excludes halogenated alkanes) is 1. The van der Waals surface area contributed by atoms with Crippen LogP contribution in [0.1, 0.15) is 52.4 Å². The Bertz CT molecular complexity index is 421. The van der Waals surface area contributed by atoms with Crippen LogP contribution in [0.5, 0.6) is 0 Å². The van der Waals surface area contributed by atoms with Crippen LogP contribution in [0.25, 0.3) is 0 Å². The molecule has 0 spiro atoms. The zero-order valence-electron chi connectivity index (χ0n) is 12.7. The molecule has 2 unspecified atom stereocenters. The van der Waals surface area contributed by atoms with Crippen LogP contribution < -0.4 is 34.7 Å². The zero-order valence-corrected chi connectivity index (χ0v) is 15.5. The van der Waals surface area contributed by atoms with Gasteiger partial charge in [-0.15, -0.1) is 0 Å². The number of hydrogen-bond donors (Lipinski definition) is 1. The fourth-order valence-corrected chi connectivity index (χ4v) is 2.36. The Labute approximate surface area is 147 Å². The van der Waals surface area contributed by atoms with E-state index in [9.17, 15) is 23.1 Å². The molecule has 9 heteroatoms. The van der Waals surface area contributed by atoms with Crippen LogP contribution in [0.4, 0.5) is 0 Å². The zero-order chi connectivity index (χ0) is 15.8. The average Bonchev–Trinajstić information content (AvgIpc) is 2.31. The molecule has 0 rings (SSSR count). The van der Waals surface area contributed by atoms with E-state index < -0.39 is 39.8 Å². The van der Waals surface area contributed by atoms with Crippen molar-refractivity contribution >= 4 is 22.1 Å². The number of aliphatic carboxylic acids is 1. The van der Waals surface area contributed by atoms with Crippen molar-refractivity contribution in [1.29, 1.82) is 0 Å². The molecule has 21 heavy (non-hydrogen) atoms. The monoisotopic (exact) mass is 332 g/mol. The molecule has 0 aliphatic carbocycles. The van der Waals surface area contributed by atoms with Gasteiger partial charge in [-0.1, -0.05) is 33.1 Å². The summed E-state index contributed by atoms with van der Waals surface area (Å²) in [6.07, 6.45) is 1.95. The second-order valence-corrected chi connectivity index (χ2v) is 6.17. The van der Waals surface area contributed by atoms with Crippen LogP contribution in [0, 0.1) is 0 Å². The first-order valence-electron chi connectivity index (χ1n) is 6.58. The second-order valence-electron chi connectivity index (χ2n) is 4.57. The molecule has 0 fully saturated rings. The molecule has 0 aromatic heterocycles. The Hall–Kier alpha value is -0.150. The fraction of sp³-hybridized carbons (Fsp3) is 0.833. The van der Waals surface area contributed by atoms with E-state index in [1.54, 1.807) is 0 Å². The third-order valence-electron chi connectivity index (χ3n) is 2.75. The number of rotatable bonds is 10. The first-order valence-corrected chi connectivity index (χ1v) is 8.09. The van der Waals surface area contributed by atoms with E-state index in [1.165, 1.54) is 0 Å². The number of carbonyl (C=O) groups is 2. The minimum absolute atomic E-state index is 0. The van der Waals surface area contributed by atoms with Crippen molar-refractivity contribution in [3.63, 3.8) is 0 Å². The summed E-state index contributed by atoms with van der Waals surface area (Å²) >= 11 is 0. The van der Waals surface area contributed by atoms with Crippen LogP contribution >= 0.6 is 0 Å². The van der Waals surface area contributed by atoms with E-state index in [2.05, 4.69) is 0 Å². The molecule has 0 saturated carbocycles. The molecule has 0 heterocycles. The molecule has 0 amide bonds. The topological polar surface area (TPSA) is 121 Å². The maximum Gasteiger partial charge on any atom is 1.00 e. The van der Waals surface area contributed by atoms with Crippen molar-refractivity contribution < 1.29 is 62.0 Å². The van der Waals surface area contributed by atoms with Gasteiger partial charge in [0.2, 0.25) is 0 Å². The molecule has 0 aliphatic heterocycles. The van der Waals surface area contributed by atoms with Gasteiger partial charge < -0.3 is 14.6 Å². The van der Waals surface area contributed by atoms with Gasteiger partial charge in [0.25, 0.3) is 10.1 Å². The molecule has 0 saturated heterocycles. The Morgan fingerprint density at radius 3 is 2.14 bits per heavy atom. The van der Waals surface area contributed by atoms with Gasteiger partial charge in [-0.3, -0.25) is 9.35 Å². The molecule has 7 nitrogen and oxygen atoms in total. The molecule has 0 bridgehead atoms. The molecule has 118 valence electrons. The predicted octanol–water partition coefficient (Wildman–Crippen LogP) is -2.71. The van der Waals surface area contributed by atoms with Gasteiger partial charge >= 0.3 is 35.5 Å². The van der Waals surface area contributed by atoms with Gasteiger partial charge in [0, 0.05) is 12.4 Å². The van der Waals surface area contributed by atoms with E-state index in [1.807, 2.05) is 13.8 Å². The fourth-order valence-electron chi connectivity index (χ4n) is 1.72. The summed E-state index contributed by atoms with van der Waals surface area (Å²) in [5, 5.41) is 8.32. The standard InChI is InChI=1S/C12H22O7S.Na/c1-3-5-7-9(6-4-2)19-12(15)10(8-11(13)14)20(16,17)18;/h9-10H,3-8H2,1-2H3,(H,13,14)(H,16,17,18);/q;+1/p-1. The number of ether oxygens (including phenoxy) is 1. The van der Waals surface area contributed by atoms with Crippen LogP contribution in [0.3, 0.4) is 0 Å². The quantitative estimate of drug-likeness (QED) is 0.262. The molecule has 0 aromatic carbocycles. The van der Waals surface area contributed by atoms with E-state index >= 15 is 0 Å². The first kappa shape index (κ1) is 23.1. The summed E-state index contributed by atoms with van der Waals surface area (Å²) in [5.74, 6) is -2.99. The van der Waals surface area contributed by atoms with Crippen molar-refractivity contribution in [2.75, 3.05) is 0 Å². The van der Waals surface area contributed by atoms with Gasteiger partial charge in [-0.2, -0.15) is 8.42 Å². The van der Waals surface area contributed by atoms with Crippen LogP contribution in [-0.4, -0.2) is 36.3 Å². The van der Waals surface area contributed by atoms with Gasteiger partial charge in [0.05, 0.1) is 0 Å². The van der Waals surface area contributed by atoms with E-state index in [4.69, 9.17) is 9.29 Å². The van der Waals surface area contributed by atoms with Gasteiger partial charge in [-0.25, -0.2) is 0 Å². The van der Waals surface area contributed by atoms with Crippen molar-refractivity contribution in [2.24, 2.45) is 0 Å². The van der Waals surface area contributed by atoms with Crippen LogP contribution in [-0.2, 0) is 24.4 Å². The van der Waals surface area contributed by atoms with Gasteiger partial charge in [0.1, 0.15) is 6.10 Å². The van der Waals surface area contributed by atoms with E-state index in [0.717, 1.165) is 19.3 Å². The predicted molar refractivity (Wildman–Crippen MR) is 69.3 cm³/mol. The summed E-state index contributed by atoms with van der Waals surface area (Å²) in [6, 6.07) is 0. The smallest absolute Gasteiger partial charge is 0.550 e. The third-order valence-corrected chi connectivity index (χ3v) is 3.83. The SMILES string of the molecule is CCCCC(CCC)OC(=O)C(CC(=O)[O-])S(=O)(=O)O.[Na+]. The summed E-state index contributed by atoms with van der Waals surface area (Å²) < 4.78 is 36.0. The molecular formula is C12H21NaO7S. The van der Waals surface area contributed by atoms with Gasteiger partial charge in [-0.05, 0) is 12.8 Å². The van der Waals surface area contributed by atoms with Crippen molar-refractivity contribution in [3.05, 3.63) is 0 Å². The summed E-state index contributed by atoms with van der Waals surface area (Å²) in [7, 11) is -4.84. The van der Waals surface area contributed by atoms with Crippen molar-refractivity contribution in [1.82, 2.24) is 0 Å². The summed E-state index contributed by atoms with van der Waals surface area (Å²) in [5.41, 5.74) is 0. The summed E-state index contributed by atoms with van der Waals surface area (Å²) in [6.45, 7) is 3.84. The van der Waals surface area contributed by atoms with E-state index in [-0.39, 0.29) is 29.6 Å². The maximum atomic E-state index is 11.7. The Balaban J connectivity index is 0. The maximum absolute atomic E-state index is 11.7. The van der Waals surface area contributed by atoms with Crippen LogP contribution in [0.2, 0.25) is 0 Å². The number of carbonyl (C=O) groups excluding carboxylic acids is 2. The Morgan fingerprint density at radius 2 is 1.76 bits per heavy atom. The molecule has 1 N–H and O–H groups in total. The molecule has 2 atom stereocenters. The molecule has 0 radical (unpaired) electrons. The second kappa shape index (κ2) is 11.4. The Kier molecular flexibility index (Phi) is 12.6. The summed E-state index contributed by atoms with van der Waals surface area (Å²) in [4.78, 5) is 22.2. The number of hydrogen-bond acceptors (Lipinski definition) is 6. The normalized spacial score (nSPS) is 13.9. The minimum atomic E-state index is -4.84.